The Balaban J connectivity index is 2.49. The summed E-state index contributed by atoms with van der Waals surface area (Å²) >= 11 is 0. The molecule has 0 amide bonds. The van der Waals surface area contributed by atoms with Crippen LogP contribution in [0.2, 0.25) is 0 Å². The highest BCUT2D eigenvalue weighted by molar-refractivity contribution is 5.61. The van der Waals surface area contributed by atoms with Crippen LogP contribution in [0.3, 0.4) is 0 Å². The minimum Gasteiger partial charge on any atom is -0.325 e. The second-order valence-electron chi connectivity index (χ2n) is 3.67. The molecule has 96 valence electrons. The molecule has 0 saturated carbocycles. The molecule has 7 heteroatoms. The fourth-order valence-electron chi connectivity index (χ4n) is 1.50. The van der Waals surface area contributed by atoms with E-state index in [1.807, 2.05) is 0 Å². The topological polar surface area (TPSA) is 54.7 Å². The van der Waals surface area contributed by atoms with Crippen molar-refractivity contribution in [3.8, 4) is 11.3 Å². The number of hydrogen-bond acceptors (Lipinski definition) is 2. The zero-order chi connectivity index (χ0) is 13.3. The first-order chi connectivity index (χ1) is 8.41. The van der Waals surface area contributed by atoms with Crippen LogP contribution in [0.15, 0.2) is 24.3 Å². The number of nitrogens with zero attached hydrogens (tertiary/aromatic N) is 1. The predicted octanol–water partition coefficient (Wildman–Crippen LogP) is 2.69. The van der Waals surface area contributed by atoms with E-state index in [0.29, 0.717) is 11.8 Å². The highest BCUT2D eigenvalue weighted by atomic mass is 19.4. The highest BCUT2D eigenvalue weighted by Crippen LogP contribution is 2.33. The van der Waals surface area contributed by atoms with Crippen molar-refractivity contribution >= 4 is 0 Å². The standard InChI is InChI=1S/C11H9F4N3/c12-9-2-1-6(11(13,14)15)3-8(9)10-4-7(5-16)17-18-10/h1-4H,5,16H2,(H,17,18). The number of nitrogens with one attached hydrogen (secondary N) is 1. The molecule has 0 spiro atoms. The number of nitrogens with two attached hydrogens (primary N) is 1. The average molecular weight is 259 g/mol. The van der Waals surface area contributed by atoms with E-state index in [0.717, 1.165) is 12.1 Å². The Labute approximate surface area is 99.6 Å². The quantitative estimate of drug-likeness (QED) is 0.815. The summed E-state index contributed by atoms with van der Waals surface area (Å²) < 4.78 is 51.1. The number of alkyl halides is 3. The number of H-pyrrole nitrogens is 1. The molecule has 0 aliphatic carbocycles. The molecule has 0 saturated heterocycles. The summed E-state index contributed by atoms with van der Waals surface area (Å²) in [4.78, 5) is 0. The second kappa shape index (κ2) is 4.41. The van der Waals surface area contributed by atoms with Crippen LogP contribution in [0.1, 0.15) is 11.3 Å². The van der Waals surface area contributed by atoms with Gasteiger partial charge in [-0.2, -0.15) is 18.3 Å². The fraction of sp³-hybridized carbons (Fsp3) is 0.182. The highest BCUT2D eigenvalue weighted by Gasteiger charge is 2.31. The van der Waals surface area contributed by atoms with Crippen molar-refractivity contribution in [2.45, 2.75) is 12.7 Å². The van der Waals surface area contributed by atoms with Crippen LogP contribution in [0.5, 0.6) is 0 Å². The van der Waals surface area contributed by atoms with Gasteiger partial charge < -0.3 is 5.73 Å². The van der Waals surface area contributed by atoms with Crippen molar-refractivity contribution in [2.24, 2.45) is 5.73 Å². The first-order valence-corrected chi connectivity index (χ1v) is 5.03. The maximum atomic E-state index is 13.5. The van der Waals surface area contributed by atoms with E-state index in [1.54, 1.807) is 0 Å². The molecule has 0 unspecified atom stereocenters. The van der Waals surface area contributed by atoms with Gasteiger partial charge >= 0.3 is 6.18 Å². The summed E-state index contributed by atoms with van der Waals surface area (Å²) in [5.41, 5.74) is 4.82. The van der Waals surface area contributed by atoms with E-state index >= 15 is 0 Å². The molecule has 0 bridgehead atoms. The predicted molar refractivity (Wildman–Crippen MR) is 56.9 cm³/mol. The van der Waals surface area contributed by atoms with Crippen molar-refractivity contribution < 1.29 is 17.6 Å². The average Bonchev–Trinajstić information content (AvgIpc) is 2.76. The summed E-state index contributed by atoms with van der Waals surface area (Å²) in [5, 5.41) is 6.25. The largest absolute Gasteiger partial charge is 0.416 e. The molecule has 2 rings (SSSR count). The minimum absolute atomic E-state index is 0.0963. The van der Waals surface area contributed by atoms with E-state index in [-0.39, 0.29) is 17.8 Å². The number of hydrogen-bond donors (Lipinski definition) is 2. The van der Waals surface area contributed by atoms with Gasteiger partial charge in [0.2, 0.25) is 0 Å². The maximum absolute atomic E-state index is 13.5. The van der Waals surface area contributed by atoms with E-state index < -0.39 is 17.6 Å². The fourth-order valence-corrected chi connectivity index (χ4v) is 1.50. The van der Waals surface area contributed by atoms with Gasteiger partial charge in [-0.25, -0.2) is 4.39 Å². The van der Waals surface area contributed by atoms with Crippen LogP contribution in [0.25, 0.3) is 11.3 Å². The molecule has 0 aliphatic rings. The number of halogens is 4. The van der Waals surface area contributed by atoms with Crippen LogP contribution in [-0.4, -0.2) is 10.2 Å². The molecule has 1 heterocycles. The Morgan fingerprint density at radius 1 is 1.22 bits per heavy atom. The van der Waals surface area contributed by atoms with Crippen molar-refractivity contribution in [3.63, 3.8) is 0 Å². The van der Waals surface area contributed by atoms with Crippen molar-refractivity contribution in [3.05, 3.63) is 41.3 Å². The third-order valence-electron chi connectivity index (χ3n) is 2.42. The molecule has 0 aliphatic heterocycles. The monoisotopic (exact) mass is 259 g/mol. The molecule has 0 fully saturated rings. The second-order valence-corrected chi connectivity index (χ2v) is 3.67. The summed E-state index contributed by atoms with van der Waals surface area (Å²) in [5.74, 6) is -0.766. The van der Waals surface area contributed by atoms with Gasteiger partial charge in [-0.15, -0.1) is 0 Å². The van der Waals surface area contributed by atoms with E-state index in [4.69, 9.17) is 5.73 Å². The molecule has 18 heavy (non-hydrogen) atoms. The lowest BCUT2D eigenvalue weighted by Crippen LogP contribution is -2.05. The molecule has 0 radical (unpaired) electrons. The zero-order valence-electron chi connectivity index (χ0n) is 9.05. The molecule has 2 aromatic rings. The normalized spacial score (nSPS) is 11.8. The van der Waals surface area contributed by atoms with Gasteiger partial charge in [-0.3, -0.25) is 5.10 Å². The molecule has 3 N–H and O–H groups in total. The van der Waals surface area contributed by atoms with Gasteiger partial charge in [0.15, 0.2) is 0 Å². The Hall–Kier alpha value is -1.89. The van der Waals surface area contributed by atoms with Crippen LogP contribution in [0.4, 0.5) is 17.6 Å². The molecule has 1 aromatic carbocycles. The van der Waals surface area contributed by atoms with E-state index in [2.05, 4.69) is 10.2 Å². The Morgan fingerprint density at radius 2 is 1.94 bits per heavy atom. The Kier molecular flexibility index (Phi) is 3.08. The molecular weight excluding hydrogens is 250 g/mol. The molecule has 1 aromatic heterocycles. The maximum Gasteiger partial charge on any atom is 0.416 e. The first kappa shape index (κ1) is 12.6. The molecular formula is C11H9F4N3. The van der Waals surface area contributed by atoms with Crippen LogP contribution >= 0.6 is 0 Å². The smallest absolute Gasteiger partial charge is 0.325 e. The Bertz CT molecular complexity index is 560. The van der Waals surface area contributed by atoms with Crippen LogP contribution in [0, 0.1) is 5.82 Å². The van der Waals surface area contributed by atoms with Crippen molar-refractivity contribution in [2.75, 3.05) is 0 Å². The van der Waals surface area contributed by atoms with Gasteiger partial charge in [0, 0.05) is 17.8 Å². The Morgan fingerprint density at radius 3 is 2.50 bits per heavy atom. The number of benzene rings is 1. The number of rotatable bonds is 2. The number of aromatic amines is 1. The van der Waals surface area contributed by atoms with Gasteiger partial charge in [0.1, 0.15) is 5.82 Å². The lowest BCUT2D eigenvalue weighted by atomic mass is 10.1. The first-order valence-electron chi connectivity index (χ1n) is 5.03. The third-order valence-corrected chi connectivity index (χ3v) is 2.42. The van der Waals surface area contributed by atoms with Gasteiger partial charge in [0.05, 0.1) is 11.3 Å². The van der Waals surface area contributed by atoms with Gasteiger partial charge in [-0.1, -0.05) is 0 Å². The lowest BCUT2D eigenvalue weighted by Gasteiger charge is -2.08. The van der Waals surface area contributed by atoms with Crippen molar-refractivity contribution in [1.82, 2.24) is 10.2 Å². The summed E-state index contributed by atoms with van der Waals surface area (Å²) in [6.45, 7) is 0.146. The lowest BCUT2D eigenvalue weighted by molar-refractivity contribution is -0.137. The van der Waals surface area contributed by atoms with Gasteiger partial charge in [0.25, 0.3) is 0 Å². The zero-order valence-corrected chi connectivity index (χ0v) is 9.05. The summed E-state index contributed by atoms with van der Waals surface area (Å²) in [6, 6.07) is 3.61. The molecule has 0 atom stereocenters. The SMILES string of the molecule is NCc1cc(-c2cc(C(F)(F)F)ccc2F)n[nH]1. The third kappa shape index (κ3) is 2.35. The van der Waals surface area contributed by atoms with Gasteiger partial charge in [-0.05, 0) is 24.3 Å². The summed E-state index contributed by atoms with van der Waals surface area (Å²) in [6.07, 6.45) is -4.52. The minimum atomic E-state index is -4.52. The summed E-state index contributed by atoms with van der Waals surface area (Å²) in [7, 11) is 0. The van der Waals surface area contributed by atoms with Crippen LogP contribution in [-0.2, 0) is 12.7 Å². The molecule has 3 nitrogen and oxygen atoms in total. The van der Waals surface area contributed by atoms with E-state index in [1.165, 1.54) is 6.07 Å². The van der Waals surface area contributed by atoms with E-state index in [9.17, 15) is 17.6 Å². The number of aromatic nitrogens is 2. The van der Waals surface area contributed by atoms with Crippen LogP contribution < -0.4 is 5.73 Å². The van der Waals surface area contributed by atoms with Crippen molar-refractivity contribution in [1.29, 1.82) is 0 Å².